The van der Waals surface area contributed by atoms with E-state index < -0.39 is 11.7 Å². The predicted octanol–water partition coefficient (Wildman–Crippen LogP) is 2.81. The lowest BCUT2D eigenvalue weighted by molar-refractivity contribution is -0.137. The number of nitrogens with zero attached hydrogens (tertiary/aromatic N) is 2. The van der Waals surface area contributed by atoms with Crippen LogP contribution in [-0.4, -0.2) is 37.0 Å². The van der Waals surface area contributed by atoms with E-state index in [4.69, 9.17) is 0 Å². The fraction of sp³-hybridized carbons (Fsp3) is 0.278. The minimum absolute atomic E-state index is 0. The number of carbonyl (C=O) groups excluding carboxylic acids is 1. The Hall–Kier alpha value is -2.37. The normalized spacial score (nSPS) is 11.4. The maximum absolute atomic E-state index is 12.5. The molecule has 0 spiro atoms. The van der Waals surface area contributed by atoms with Gasteiger partial charge in [-0.15, -0.1) is 24.0 Å². The number of benzene rings is 1. The van der Waals surface area contributed by atoms with Crippen molar-refractivity contribution in [3.05, 3.63) is 65.5 Å². The molecular formula is C18H21F3IN5O. The molecule has 28 heavy (non-hydrogen) atoms. The Labute approximate surface area is 178 Å². The lowest BCUT2D eigenvalue weighted by Gasteiger charge is -2.13. The molecule has 2 aromatic rings. The number of aliphatic imine (C=N–C) groups is 1. The lowest BCUT2D eigenvalue weighted by atomic mass is 10.1. The van der Waals surface area contributed by atoms with Gasteiger partial charge in [0.1, 0.15) is 0 Å². The molecule has 3 N–H and O–H groups in total. The summed E-state index contributed by atoms with van der Waals surface area (Å²) in [5, 5.41) is 8.75. The highest BCUT2D eigenvalue weighted by molar-refractivity contribution is 14.0. The predicted molar refractivity (Wildman–Crippen MR) is 112 cm³/mol. The second kappa shape index (κ2) is 11.5. The number of hydrogen-bond acceptors (Lipinski definition) is 3. The van der Waals surface area contributed by atoms with Crippen LogP contribution in [-0.2, 0) is 12.7 Å². The summed E-state index contributed by atoms with van der Waals surface area (Å²) in [5.74, 6) is 0.253. The summed E-state index contributed by atoms with van der Waals surface area (Å²) in [6, 6.07) is 8.26. The van der Waals surface area contributed by atoms with Crippen molar-refractivity contribution in [3.8, 4) is 0 Å². The molecule has 1 heterocycles. The number of halogens is 4. The van der Waals surface area contributed by atoms with Gasteiger partial charge < -0.3 is 16.0 Å². The van der Waals surface area contributed by atoms with Crippen LogP contribution in [0.1, 0.15) is 21.5 Å². The van der Waals surface area contributed by atoms with E-state index in [-0.39, 0.29) is 29.9 Å². The third-order valence-corrected chi connectivity index (χ3v) is 3.59. The van der Waals surface area contributed by atoms with Crippen molar-refractivity contribution in [2.75, 3.05) is 20.1 Å². The Morgan fingerprint density at radius 3 is 2.32 bits per heavy atom. The fourth-order valence-electron chi connectivity index (χ4n) is 2.17. The quantitative estimate of drug-likeness (QED) is 0.243. The van der Waals surface area contributed by atoms with Crippen LogP contribution in [0.4, 0.5) is 13.2 Å². The molecule has 0 saturated carbocycles. The Kier molecular flexibility index (Phi) is 9.69. The molecule has 0 aliphatic carbocycles. The maximum atomic E-state index is 12.5. The van der Waals surface area contributed by atoms with Gasteiger partial charge in [-0.05, 0) is 29.8 Å². The first kappa shape index (κ1) is 23.7. The van der Waals surface area contributed by atoms with Crippen LogP contribution < -0.4 is 16.0 Å². The Morgan fingerprint density at radius 2 is 1.75 bits per heavy atom. The summed E-state index contributed by atoms with van der Waals surface area (Å²) >= 11 is 0. The molecular weight excluding hydrogens is 486 g/mol. The highest BCUT2D eigenvalue weighted by Gasteiger charge is 2.29. The average Bonchev–Trinajstić information content (AvgIpc) is 2.67. The van der Waals surface area contributed by atoms with Crippen molar-refractivity contribution in [1.29, 1.82) is 0 Å². The van der Waals surface area contributed by atoms with Gasteiger partial charge >= 0.3 is 6.18 Å². The van der Waals surface area contributed by atoms with Crippen LogP contribution in [0.3, 0.4) is 0 Å². The summed E-state index contributed by atoms with van der Waals surface area (Å²) in [6.07, 6.45) is -1.28. The first-order chi connectivity index (χ1) is 12.9. The molecule has 0 aliphatic rings. The highest BCUT2D eigenvalue weighted by atomic mass is 127. The first-order valence-electron chi connectivity index (χ1n) is 8.19. The van der Waals surface area contributed by atoms with E-state index in [0.29, 0.717) is 36.7 Å². The van der Waals surface area contributed by atoms with Gasteiger partial charge in [-0.3, -0.25) is 14.8 Å². The molecule has 0 radical (unpaired) electrons. The fourth-order valence-corrected chi connectivity index (χ4v) is 2.17. The largest absolute Gasteiger partial charge is 0.416 e. The molecule has 6 nitrogen and oxygen atoms in total. The third kappa shape index (κ3) is 7.71. The van der Waals surface area contributed by atoms with Gasteiger partial charge in [-0.2, -0.15) is 13.2 Å². The standard InChI is InChI=1S/C18H20F3N5O.HI/c1-22-17(25-10-9-24-16(27)14-3-2-8-23-12-14)26-11-13-4-6-15(7-5-13)18(19,20)21;/h2-8,12H,9-11H2,1H3,(H,24,27)(H2,22,25,26);1H. The van der Waals surface area contributed by atoms with Gasteiger partial charge in [-0.1, -0.05) is 12.1 Å². The molecule has 0 unspecified atom stereocenters. The molecule has 2 rings (SSSR count). The number of aromatic nitrogens is 1. The van der Waals surface area contributed by atoms with Crippen LogP contribution >= 0.6 is 24.0 Å². The number of guanidine groups is 1. The summed E-state index contributed by atoms with van der Waals surface area (Å²) in [5.41, 5.74) is 0.483. The monoisotopic (exact) mass is 507 g/mol. The van der Waals surface area contributed by atoms with E-state index in [0.717, 1.165) is 12.1 Å². The van der Waals surface area contributed by atoms with E-state index in [9.17, 15) is 18.0 Å². The maximum Gasteiger partial charge on any atom is 0.416 e. The van der Waals surface area contributed by atoms with Gasteiger partial charge in [-0.25, -0.2) is 0 Å². The highest BCUT2D eigenvalue weighted by Crippen LogP contribution is 2.28. The second-order valence-corrected chi connectivity index (χ2v) is 5.54. The second-order valence-electron chi connectivity index (χ2n) is 5.54. The Bertz CT molecular complexity index is 767. The van der Waals surface area contributed by atoms with Crippen LogP contribution in [0.15, 0.2) is 53.8 Å². The van der Waals surface area contributed by atoms with Crippen LogP contribution in [0.5, 0.6) is 0 Å². The van der Waals surface area contributed by atoms with Crippen molar-refractivity contribution in [1.82, 2.24) is 20.9 Å². The minimum Gasteiger partial charge on any atom is -0.355 e. The molecule has 0 aliphatic heterocycles. The van der Waals surface area contributed by atoms with Crippen molar-refractivity contribution >= 4 is 35.8 Å². The SMILES string of the molecule is CN=C(NCCNC(=O)c1cccnc1)NCc1ccc(C(F)(F)F)cc1.I. The number of nitrogens with one attached hydrogen (secondary N) is 3. The zero-order valence-corrected chi connectivity index (χ0v) is 17.4. The van der Waals surface area contributed by atoms with Gasteiger partial charge in [0.05, 0.1) is 11.1 Å². The summed E-state index contributed by atoms with van der Waals surface area (Å²) in [6.45, 7) is 1.12. The van der Waals surface area contributed by atoms with E-state index in [1.807, 2.05) is 0 Å². The molecule has 0 saturated heterocycles. The molecule has 1 amide bonds. The average molecular weight is 507 g/mol. The first-order valence-corrected chi connectivity index (χ1v) is 8.19. The van der Waals surface area contributed by atoms with Gasteiger partial charge in [0.2, 0.25) is 0 Å². The number of alkyl halides is 3. The summed E-state index contributed by atoms with van der Waals surface area (Å²) in [7, 11) is 1.58. The van der Waals surface area contributed by atoms with Crippen LogP contribution in [0.25, 0.3) is 0 Å². The smallest absolute Gasteiger partial charge is 0.355 e. The summed E-state index contributed by atoms with van der Waals surface area (Å²) < 4.78 is 37.6. The number of amides is 1. The van der Waals surface area contributed by atoms with Crippen LogP contribution in [0, 0.1) is 0 Å². The zero-order valence-electron chi connectivity index (χ0n) is 15.1. The van der Waals surface area contributed by atoms with Crippen molar-refractivity contribution in [3.63, 3.8) is 0 Å². The number of carbonyl (C=O) groups is 1. The summed E-state index contributed by atoms with van der Waals surface area (Å²) in [4.78, 5) is 19.8. The lowest BCUT2D eigenvalue weighted by Crippen LogP contribution is -2.41. The minimum atomic E-state index is -4.34. The van der Waals surface area contributed by atoms with Crippen LogP contribution in [0.2, 0.25) is 0 Å². The molecule has 0 bridgehead atoms. The van der Waals surface area contributed by atoms with Gasteiger partial charge in [0.15, 0.2) is 5.96 Å². The molecule has 10 heteroatoms. The van der Waals surface area contributed by atoms with Gasteiger partial charge in [0.25, 0.3) is 5.91 Å². The van der Waals surface area contributed by atoms with E-state index in [1.165, 1.54) is 18.3 Å². The van der Waals surface area contributed by atoms with E-state index in [2.05, 4.69) is 25.9 Å². The number of pyridine rings is 1. The molecule has 152 valence electrons. The third-order valence-electron chi connectivity index (χ3n) is 3.59. The number of rotatable bonds is 6. The van der Waals surface area contributed by atoms with E-state index >= 15 is 0 Å². The molecule has 0 fully saturated rings. The van der Waals surface area contributed by atoms with E-state index in [1.54, 1.807) is 25.4 Å². The molecule has 1 aromatic heterocycles. The topological polar surface area (TPSA) is 78.4 Å². The Balaban J connectivity index is 0.00000392. The van der Waals surface area contributed by atoms with Crippen molar-refractivity contribution < 1.29 is 18.0 Å². The molecule has 1 aromatic carbocycles. The van der Waals surface area contributed by atoms with Crippen molar-refractivity contribution in [2.24, 2.45) is 4.99 Å². The van der Waals surface area contributed by atoms with Gasteiger partial charge in [0, 0.05) is 39.1 Å². The van der Waals surface area contributed by atoms with Crippen molar-refractivity contribution in [2.45, 2.75) is 12.7 Å². The zero-order chi connectivity index (χ0) is 19.7. The molecule has 0 atom stereocenters. The Morgan fingerprint density at radius 1 is 1.07 bits per heavy atom. The number of hydrogen-bond donors (Lipinski definition) is 3.